The molecule has 0 amide bonds. The second-order valence-electron chi connectivity index (χ2n) is 6.46. The summed E-state index contributed by atoms with van der Waals surface area (Å²) in [6, 6.07) is 6.48. The van der Waals surface area contributed by atoms with Gasteiger partial charge >= 0.3 is 0 Å². The van der Waals surface area contributed by atoms with Gasteiger partial charge in [-0.25, -0.2) is 14.4 Å². The molecule has 1 aromatic carbocycles. The van der Waals surface area contributed by atoms with Crippen molar-refractivity contribution >= 4 is 5.82 Å². The van der Waals surface area contributed by atoms with Gasteiger partial charge in [-0.05, 0) is 50.8 Å². The largest absolute Gasteiger partial charge is 0.356 e. The first-order valence-electron chi connectivity index (χ1n) is 8.70. The van der Waals surface area contributed by atoms with E-state index in [0.29, 0.717) is 11.7 Å². The lowest BCUT2D eigenvalue weighted by Crippen LogP contribution is -2.37. The van der Waals surface area contributed by atoms with Gasteiger partial charge < -0.3 is 10.6 Å². The van der Waals surface area contributed by atoms with Gasteiger partial charge in [0.25, 0.3) is 0 Å². The van der Waals surface area contributed by atoms with Crippen LogP contribution in [-0.2, 0) is 6.42 Å². The molecule has 0 bridgehead atoms. The van der Waals surface area contributed by atoms with Crippen LogP contribution >= 0.6 is 0 Å². The molecule has 1 aromatic heterocycles. The number of nitrogens with two attached hydrogens (primary N) is 1. The summed E-state index contributed by atoms with van der Waals surface area (Å²) in [7, 11) is 0. The van der Waals surface area contributed by atoms with Gasteiger partial charge in [0.1, 0.15) is 11.6 Å². The second kappa shape index (κ2) is 7.26. The molecule has 0 unspecified atom stereocenters. The number of aryl methyl sites for hydroxylation is 1. The molecule has 128 valence electrons. The second-order valence-corrected chi connectivity index (χ2v) is 6.46. The minimum Gasteiger partial charge on any atom is -0.356 e. The SMILES string of the molecule is CCc1c(C)nc(-c2cccc(F)c2)nc1N1CCC(CN)CC1. The number of rotatable bonds is 4. The summed E-state index contributed by atoms with van der Waals surface area (Å²) in [6.45, 7) is 6.83. The number of hydrogen-bond acceptors (Lipinski definition) is 4. The molecule has 0 saturated carbocycles. The van der Waals surface area contributed by atoms with Crippen molar-refractivity contribution in [2.24, 2.45) is 11.7 Å². The van der Waals surface area contributed by atoms with Crippen LogP contribution in [0.15, 0.2) is 24.3 Å². The normalized spacial score (nSPS) is 15.8. The van der Waals surface area contributed by atoms with Crippen molar-refractivity contribution in [2.45, 2.75) is 33.1 Å². The van der Waals surface area contributed by atoms with Crippen LogP contribution in [0.5, 0.6) is 0 Å². The van der Waals surface area contributed by atoms with E-state index in [1.165, 1.54) is 17.7 Å². The van der Waals surface area contributed by atoms with Crippen LogP contribution in [0.1, 0.15) is 31.0 Å². The van der Waals surface area contributed by atoms with E-state index < -0.39 is 0 Å². The Balaban J connectivity index is 1.98. The van der Waals surface area contributed by atoms with Crippen molar-refractivity contribution in [3.8, 4) is 11.4 Å². The molecule has 24 heavy (non-hydrogen) atoms. The molecule has 4 nitrogen and oxygen atoms in total. The van der Waals surface area contributed by atoms with Crippen molar-refractivity contribution in [3.05, 3.63) is 41.3 Å². The Hall–Kier alpha value is -2.01. The Bertz CT molecular complexity index is 709. The highest BCUT2D eigenvalue weighted by Gasteiger charge is 2.23. The molecule has 1 aliphatic rings. The van der Waals surface area contributed by atoms with Crippen LogP contribution in [0.3, 0.4) is 0 Å². The molecule has 2 heterocycles. The predicted molar refractivity (Wildman–Crippen MR) is 95.5 cm³/mol. The number of hydrogen-bond donors (Lipinski definition) is 1. The predicted octanol–water partition coefficient (Wildman–Crippen LogP) is 3.33. The maximum atomic E-state index is 13.6. The van der Waals surface area contributed by atoms with Crippen LogP contribution in [0.2, 0.25) is 0 Å². The molecule has 3 rings (SSSR count). The van der Waals surface area contributed by atoms with E-state index in [0.717, 1.165) is 56.0 Å². The average Bonchev–Trinajstić information content (AvgIpc) is 2.61. The lowest BCUT2D eigenvalue weighted by atomic mass is 9.96. The molecule has 2 N–H and O–H groups in total. The number of nitrogens with zero attached hydrogens (tertiary/aromatic N) is 3. The zero-order valence-electron chi connectivity index (χ0n) is 14.4. The molecule has 0 aliphatic carbocycles. The van der Waals surface area contributed by atoms with Crippen LogP contribution in [-0.4, -0.2) is 29.6 Å². The van der Waals surface area contributed by atoms with Crippen molar-refractivity contribution < 1.29 is 4.39 Å². The highest BCUT2D eigenvalue weighted by atomic mass is 19.1. The first-order valence-corrected chi connectivity index (χ1v) is 8.70. The zero-order valence-corrected chi connectivity index (χ0v) is 14.4. The van der Waals surface area contributed by atoms with Gasteiger partial charge in [0, 0.05) is 29.9 Å². The van der Waals surface area contributed by atoms with Gasteiger partial charge in [0.2, 0.25) is 0 Å². The van der Waals surface area contributed by atoms with E-state index in [1.54, 1.807) is 6.07 Å². The Morgan fingerprint density at radius 3 is 2.62 bits per heavy atom. The quantitative estimate of drug-likeness (QED) is 0.935. The van der Waals surface area contributed by atoms with Crippen LogP contribution < -0.4 is 10.6 Å². The smallest absolute Gasteiger partial charge is 0.161 e. The van der Waals surface area contributed by atoms with E-state index in [4.69, 9.17) is 10.7 Å². The zero-order chi connectivity index (χ0) is 17.1. The number of benzene rings is 1. The fraction of sp³-hybridized carbons (Fsp3) is 0.474. The van der Waals surface area contributed by atoms with Gasteiger partial charge in [0.15, 0.2) is 5.82 Å². The molecule has 0 radical (unpaired) electrons. The number of piperidine rings is 1. The monoisotopic (exact) mass is 328 g/mol. The third kappa shape index (κ3) is 3.41. The Labute approximate surface area is 142 Å². The lowest BCUT2D eigenvalue weighted by Gasteiger charge is -2.33. The topological polar surface area (TPSA) is 55.0 Å². The van der Waals surface area contributed by atoms with Crippen molar-refractivity contribution in [1.82, 2.24) is 9.97 Å². The molecular weight excluding hydrogens is 303 g/mol. The fourth-order valence-corrected chi connectivity index (χ4v) is 3.39. The van der Waals surface area contributed by atoms with Gasteiger partial charge in [0.05, 0.1) is 0 Å². The molecular formula is C19H25FN4. The van der Waals surface area contributed by atoms with Crippen molar-refractivity contribution in [3.63, 3.8) is 0 Å². The molecule has 1 aliphatic heterocycles. The van der Waals surface area contributed by atoms with E-state index in [2.05, 4.69) is 16.8 Å². The van der Waals surface area contributed by atoms with Crippen LogP contribution in [0, 0.1) is 18.7 Å². The van der Waals surface area contributed by atoms with Crippen molar-refractivity contribution in [2.75, 3.05) is 24.5 Å². The summed E-state index contributed by atoms with van der Waals surface area (Å²) in [5, 5.41) is 0. The Morgan fingerprint density at radius 1 is 1.25 bits per heavy atom. The molecule has 1 saturated heterocycles. The summed E-state index contributed by atoms with van der Waals surface area (Å²) < 4.78 is 13.6. The first kappa shape index (κ1) is 16.8. The van der Waals surface area contributed by atoms with Gasteiger partial charge in [-0.3, -0.25) is 0 Å². The molecule has 0 spiro atoms. The molecule has 1 fully saturated rings. The van der Waals surface area contributed by atoms with Crippen LogP contribution in [0.25, 0.3) is 11.4 Å². The van der Waals surface area contributed by atoms with E-state index in [1.807, 2.05) is 13.0 Å². The number of aromatic nitrogens is 2. The summed E-state index contributed by atoms with van der Waals surface area (Å²) in [6.07, 6.45) is 3.08. The summed E-state index contributed by atoms with van der Waals surface area (Å²) in [5.41, 5.74) is 8.68. The molecule has 2 aromatic rings. The summed E-state index contributed by atoms with van der Waals surface area (Å²) in [5.74, 6) is 1.94. The standard InChI is InChI=1S/C19H25FN4/c1-3-17-13(2)22-18(15-5-4-6-16(20)11-15)23-19(17)24-9-7-14(12-21)8-10-24/h4-6,11,14H,3,7-10,12,21H2,1-2H3. The van der Waals surface area contributed by atoms with E-state index in [9.17, 15) is 4.39 Å². The maximum absolute atomic E-state index is 13.6. The summed E-state index contributed by atoms with van der Waals surface area (Å²) in [4.78, 5) is 11.8. The third-order valence-corrected chi connectivity index (χ3v) is 4.88. The van der Waals surface area contributed by atoms with E-state index in [-0.39, 0.29) is 5.82 Å². The Kier molecular flexibility index (Phi) is 5.09. The number of halogens is 1. The fourth-order valence-electron chi connectivity index (χ4n) is 3.39. The highest BCUT2D eigenvalue weighted by molar-refractivity contribution is 5.60. The highest BCUT2D eigenvalue weighted by Crippen LogP contribution is 2.29. The van der Waals surface area contributed by atoms with Gasteiger partial charge in [-0.2, -0.15) is 0 Å². The minimum absolute atomic E-state index is 0.265. The third-order valence-electron chi connectivity index (χ3n) is 4.88. The maximum Gasteiger partial charge on any atom is 0.161 e. The van der Waals surface area contributed by atoms with E-state index >= 15 is 0 Å². The lowest BCUT2D eigenvalue weighted by molar-refractivity contribution is 0.412. The van der Waals surface area contributed by atoms with Crippen molar-refractivity contribution in [1.29, 1.82) is 0 Å². The van der Waals surface area contributed by atoms with Gasteiger partial charge in [-0.15, -0.1) is 0 Å². The Morgan fingerprint density at radius 2 is 2.00 bits per heavy atom. The molecule has 0 atom stereocenters. The number of anilines is 1. The van der Waals surface area contributed by atoms with Crippen LogP contribution in [0.4, 0.5) is 10.2 Å². The minimum atomic E-state index is -0.265. The van der Waals surface area contributed by atoms with Gasteiger partial charge in [-0.1, -0.05) is 19.1 Å². The summed E-state index contributed by atoms with van der Waals surface area (Å²) >= 11 is 0. The molecule has 5 heteroatoms. The first-order chi connectivity index (χ1) is 11.6. The average molecular weight is 328 g/mol.